The Morgan fingerprint density at radius 2 is 1.85 bits per heavy atom. The molecule has 1 nitrogen and oxygen atoms in total. The van der Waals surface area contributed by atoms with Crippen molar-refractivity contribution in [3.8, 4) is 0 Å². The van der Waals surface area contributed by atoms with Gasteiger partial charge in [-0.3, -0.25) is 0 Å². The molecule has 2 unspecified atom stereocenters. The molecule has 0 heterocycles. The lowest BCUT2D eigenvalue weighted by atomic mass is 9.69. The Labute approximate surface area is 130 Å². The predicted molar refractivity (Wildman–Crippen MR) is 87.7 cm³/mol. The summed E-state index contributed by atoms with van der Waals surface area (Å²) >= 11 is 3.25. The normalized spacial score (nSPS) is 23.7. The highest BCUT2D eigenvalue weighted by molar-refractivity contribution is 9.10. The second-order valence-electron chi connectivity index (χ2n) is 7.09. The van der Waals surface area contributed by atoms with Gasteiger partial charge in [0.15, 0.2) is 0 Å². The van der Waals surface area contributed by atoms with E-state index in [1.54, 1.807) is 6.07 Å². The van der Waals surface area contributed by atoms with E-state index < -0.39 is 0 Å². The van der Waals surface area contributed by atoms with Crippen molar-refractivity contribution in [3.63, 3.8) is 0 Å². The predicted octanol–water partition coefficient (Wildman–Crippen LogP) is 5.91. The first-order valence-electron chi connectivity index (χ1n) is 7.51. The Hall–Kier alpha value is -0.570. The topological polar surface area (TPSA) is 12.0 Å². The van der Waals surface area contributed by atoms with Gasteiger partial charge in [-0.1, -0.05) is 33.6 Å². The van der Waals surface area contributed by atoms with E-state index in [4.69, 9.17) is 0 Å². The van der Waals surface area contributed by atoms with Gasteiger partial charge in [-0.25, -0.2) is 4.39 Å². The zero-order valence-electron chi connectivity index (χ0n) is 12.9. The average molecular weight is 342 g/mol. The third-order valence-corrected chi connectivity index (χ3v) is 5.09. The first-order chi connectivity index (χ1) is 9.29. The summed E-state index contributed by atoms with van der Waals surface area (Å²) < 4.78 is 14.3. The van der Waals surface area contributed by atoms with E-state index in [-0.39, 0.29) is 5.82 Å². The lowest BCUT2D eigenvalue weighted by Crippen LogP contribution is -2.40. The molecule has 0 aliphatic heterocycles. The summed E-state index contributed by atoms with van der Waals surface area (Å²) in [7, 11) is 0. The van der Waals surface area contributed by atoms with Gasteiger partial charge >= 0.3 is 0 Å². The van der Waals surface area contributed by atoms with Crippen LogP contribution in [0.1, 0.15) is 52.0 Å². The maximum atomic E-state index is 13.8. The van der Waals surface area contributed by atoms with Crippen molar-refractivity contribution in [2.24, 2.45) is 11.3 Å². The molecule has 3 heteroatoms. The third kappa shape index (κ3) is 3.55. The summed E-state index contributed by atoms with van der Waals surface area (Å²) in [6.45, 7) is 8.97. The highest BCUT2D eigenvalue weighted by Crippen LogP contribution is 2.39. The van der Waals surface area contributed by atoms with Crippen LogP contribution in [0.15, 0.2) is 16.6 Å². The van der Waals surface area contributed by atoms with E-state index in [1.165, 1.54) is 25.7 Å². The van der Waals surface area contributed by atoms with Crippen LogP contribution in [0.3, 0.4) is 0 Å². The molecular weight excluding hydrogens is 317 g/mol. The van der Waals surface area contributed by atoms with Crippen molar-refractivity contribution >= 4 is 21.6 Å². The monoisotopic (exact) mass is 341 g/mol. The molecule has 1 aromatic carbocycles. The molecule has 0 aromatic heterocycles. The second-order valence-corrected chi connectivity index (χ2v) is 7.94. The lowest BCUT2D eigenvalue weighted by molar-refractivity contribution is 0.163. The maximum absolute atomic E-state index is 13.8. The molecule has 112 valence electrons. The minimum absolute atomic E-state index is 0.193. The van der Waals surface area contributed by atoms with E-state index in [9.17, 15) is 4.39 Å². The SMILES string of the molecule is Cc1cc(Br)c(F)cc1NC1CCCCC1C(C)(C)C. The lowest BCUT2D eigenvalue weighted by Gasteiger charge is -2.41. The zero-order chi connectivity index (χ0) is 14.9. The molecular formula is C17H25BrFN. The number of aryl methyl sites for hydroxylation is 1. The smallest absolute Gasteiger partial charge is 0.139 e. The first kappa shape index (κ1) is 15.8. The van der Waals surface area contributed by atoms with Crippen molar-refractivity contribution in [2.45, 2.75) is 59.4 Å². The van der Waals surface area contributed by atoms with Crippen LogP contribution < -0.4 is 5.32 Å². The van der Waals surface area contributed by atoms with Crippen molar-refractivity contribution in [2.75, 3.05) is 5.32 Å². The van der Waals surface area contributed by atoms with Gasteiger partial charge in [0.25, 0.3) is 0 Å². The molecule has 1 aliphatic rings. The molecule has 2 rings (SSSR count). The van der Waals surface area contributed by atoms with E-state index in [1.807, 2.05) is 13.0 Å². The maximum Gasteiger partial charge on any atom is 0.139 e. The molecule has 0 saturated heterocycles. The molecule has 1 fully saturated rings. The summed E-state index contributed by atoms with van der Waals surface area (Å²) in [4.78, 5) is 0. The summed E-state index contributed by atoms with van der Waals surface area (Å²) in [5.41, 5.74) is 2.32. The minimum atomic E-state index is -0.193. The number of halogens is 2. The highest BCUT2D eigenvalue weighted by atomic mass is 79.9. The number of benzene rings is 1. The quantitative estimate of drug-likeness (QED) is 0.704. The molecule has 0 radical (unpaired) electrons. The van der Waals surface area contributed by atoms with Crippen LogP contribution >= 0.6 is 15.9 Å². The van der Waals surface area contributed by atoms with Crippen molar-refractivity contribution in [1.29, 1.82) is 0 Å². The number of nitrogens with one attached hydrogen (secondary N) is 1. The van der Waals surface area contributed by atoms with Gasteiger partial charge in [0, 0.05) is 11.7 Å². The van der Waals surface area contributed by atoms with Crippen LogP contribution in [-0.4, -0.2) is 6.04 Å². The number of hydrogen-bond donors (Lipinski definition) is 1. The molecule has 1 aliphatic carbocycles. The van der Waals surface area contributed by atoms with Gasteiger partial charge in [-0.2, -0.15) is 0 Å². The molecule has 0 amide bonds. The average Bonchev–Trinajstić information content (AvgIpc) is 2.35. The standard InChI is InChI=1S/C17H25BrFN/c1-11-9-13(18)14(19)10-16(11)20-15-8-6-5-7-12(15)17(2,3)4/h9-10,12,15,20H,5-8H2,1-4H3. The van der Waals surface area contributed by atoms with Gasteiger partial charge < -0.3 is 5.32 Å². The number of anilines is 1. The highest BCUT2D eigenvalue weighted by Gasteiger charge is 2.34. The molecule has 1 aromatic rings. The van der Waals surface area contributed by atoms with Crippen LogP contribution in [0.4, 0.5) is 10.1 Å². The van der Waals surface area contributed by atoms with Crippen LogP contribution in [0, 0.1) is 24.1 Å². The van der Waals surface area contributed by atoms with Gasteiger partial charge in [0.05, 0.1) is 4.47 Å². The van der Waals surface area contributed by atoms with Crippen molar-refractivity contribution < 1.29 is 4.39 Å². The second kappa shape index (κ2) is 6.05. The Kier molecular flexibility index (Phi) is 4.78. The fraction of sp³-hybridized carbons (Fsp3) is 0.647. The number of hydrogen-bond acceptors (Lipinski definition) is 1. The number of rotatable bonds is 2. The Bertz CT molecular complexity index is 479. The van der Waals surface area contributed by atoms with Gasteiger partial charge in [0.1, 0.15) is 5.82 Å². The third-order valence-electron chi connectivity index (χ3n) is 4.49. The summed E-state index contributed by atoms with van der Waals surface area (Å²) in [6.07, 6.45) is 5.02. The minimum Gasteiger partial charge on any atom is -0.382 e. The fourth-order valence-corrected chi connectivity index (χ4v) is 3.80. The Morgan fingerprint density at radius 3 is 2.50 bits per heavy atom. The molecule has 2 atom stereocenters. The molecule has 1 N–H and O–H groups in total. The van der Waals surface area contributed by atoms with E-state index in [0.29, 0.717) is 21.8 Å². The van der Waals surface area contributed by atoms with E-state index in [0.717, 1.165) is 11.3 Å². The zero-order valence-corrected chi connectivity index (χ0v) is 14.5. The van der Waals surface area contributed by atoms with E-state index >= 15 is 0 Å². The fourth-order valence-electron chi connectivity index (χ4n) is 3.34. The molecule has 0 spiro atoms. The van der Waals surface area contributed by atoms with Gasteiger partial charge in [-0.05, 0) is 64.7 Å². The van der Waals surface area contributed by atoms with Crippen LogP contribution in [0.25, 0.3) is 0 Å². The van der Waals surface area contributed by atoms with Crippen LogP contribution in [-0.2, 0) is 0 Å². The molecule has 0 bridgehead atoms. The van der Waals surface area contributed by atoms with Gasteiger partial charge in [-0.15, -0.1) is 0 Å². The summed E-state index contributed by atoms with van der Waals surface area (Å²) in [5, 5.41) is 3.61. The van der Waals surface area contributed by atoms with Crippen molar-refractivity contribution in [1.82, 2.24) is 0 Å². The van der Waals surface area contributed by atoms with Crippen molar-refractivity contribution in [3.05, 3.63) is 28.0 Å². The van der Waals surface area contributed by atoms with E-state index in [2.05, 4.69) is 42.0 Å². The van der Waals surface area contributed by atoms with Crippen LogP contribution in [0.2, 0.25) is 0 Å². The van der Waals surface area contributed by atoms with Gasteiger partial charge in [0.2, 0.25) is 0 Å². The molecule has 1 saturated carbocycles. The summed E-state index contributed by atoms with van der Waals surface area (Å²) in [5.74, 6) is 0.448. The largest absolute Gasteiger partial charge is 0.382 e. The Balaban J connectivity index is 2.21. The first-order valence-corrected chi connectivity index (χ1v) is 8.30. The Morgan fingerprint density at radius 1 is 1.20 bits per heavy atom. The van der Waals surface area contributed by atoms with Crippen LogP contribution in [0.5, 0.6) is 0 Å². The molecule has 20 heavy (non-hydrogen) atoms. The summed E-state index contributed by atoms with van der Waals surface area (Å²) in [6, 6.07) is 3.92.